The molecule has 4 N–H and O–H groups in total. The van der Waals surface area contributed by atoms with E-state index in [0.717, 1.165) is 10.0 Å². The molecule has 0 heterocycles. The lowest BCUT2D eigenvalue weighted by atomic mass is 10.0. The molecule has 0 aliphatic heterocycles. The third-order valence-electron chi connectivity index (χ3n) is 2.75. The summed E-state index contributed by atoms with van der Waals surface area (Å²) in [6.07, 6.45) is 0.364. The maximum absolute atomic E-state index is 9.38. The fraction of sp³-hybridized carbons (Fsp3) is 0.538. The lowest BCUT2D eigenvalue weighted by Crippen LogP contribution is -2.36. The Morgan fingerprint density at radius 3 is 2.67 bits per heavy atom. The van der Waals surface area contributed by atoms with Crippen LogP contribution in [-0.4, -0.2) is 23.8 Å². The van der Waals surface area contributed by atoms with Crippen LogP contribution >= 0.6 is 27.5 Å². The summed E-state index contributed by atoms with van der Waals surface area (Å²) in [6.45, 7) is 4.29. The highest BCUT2D eigenvalue weighted by Crippen LogP contribution is 2.26. The summed E-state index contributed by atoms with van der Waals surface area (Å²) in [7, 11) is 0. The second-order valence-electron chi connectivity index (χ2n) is 4.61. The molecule has 1 rings (SSSR count). The van der Waals surface area contributed by atoms with Gasteiger partial charge in [0.15, 0.2) is 0 Å². The van der Waals surface area contributed by atoms with E-state index in [1.54, 1.807) is 6.92 Å². The Bertz CT molecular complexity index is 387. The largest absolute Gasteiger partial charge is 0.393 e. The van der Waals surface area contributed by atoms with E-state index in [9.17, 15) is 5.11 Å². The quantitative estimate of drug-likeness (QED) is 0.749. The lowest BCUT2D eigenvalue weighted by Gasteiger charge is -2.24. The van der Waals surface area contributed by atoms with E-state index in [4.69, 9.17) is 17.3 Å². The third kappa shape index (κ3) is 4.86. The molecule has 0 aromatic heterocycles. The normalized spacial score (nSPS) is 16.3. The summed E-state index contributed by atoms with van der Waals surface area (Å²) in [4.78, 5) is 0. The van der Waals surface area contributed by atoms with Crippen molar-refractivity contribution in [1.82, 2.24) is 5.32 Å². The van der Waals surface area contributed by atoms with Gasteiger partial charge in [-0.15, -0.1) is 0 Å². The number of aliphatic hydroxyl groups excluding tert-OH is 1. The Balaban J connectivity index is 2.79. The summed E-state index contributed by atoms with van der Waals surface area (Å²) in [5.41, 5.74) is 6.86. The van der Waals surface area contributed by atoms with Crippen LogP contribution in [-0.2, 0) is 0 Å². The van der Waals surface area contributed by atoms with Crippen molar-refractivity contribution in [3.63, 3.8) is 0 Å². The summed E-state index contributed by atoms with van der Waals surface area (Å²) in [5.74, 6) is 0. The van der Waals surface area contributed by atoms with Crippen LogP contribution in [0, 0.1) is 0 Å². The monoisotopic (exact) mass is 334 g/mol. The average molecular weight is 336 g/mol. The zero-order valence-electron chi connectivity index (χ0n) is 10.7. The van der Waals surface area contributed by atoms with Crippen molar-refractivity contribution < 1.29 is 5.11 Å². The molecule has 0 spiro atoms. The van der Waals surface area contributed by atoms with Crippen LogP contribution in [0.3, 0.4) is 0 Å². The summed E-state index contributed by atoms with van der Waals surface area (Å²) < 4.78 is 0.985. The Labute approximate surface area is 122 Å². The summed E-state index contributed by atoms with van der Waals surface area (Å²) in [6, 6.07) is 5.87. The van der Waals surface area contributed by atoms with Crippen LogP contribution in [0.1, 0.15) is 31.9 Å². The number of aliphatic hydroxyl groups is 1. The van der Waals surface area contributed by atoms with Crippen LogP contribution in [0.5, 0.6) is 0 Å². The molecular weight excluding hydrogens is 316 g/mol. The summed E-state index contributed by atoms with van der Waals surface area (Å²) in [5, 5.41) is 13.5. The maximum atomic E-state index is 9.38. The molecule has 1 aromatic rings. The van der Waals surface area contributed by atoms with Gasteiger partial charge in [-0.25, -0.2) is 0 Å². The maximum Gasteiger partial charge on any atom is 0.0526 e. The number of rotatable bonds is 6. The second kappa shape index (κ2) is 7.46. The topological polar surface area (TPSA) is 58.3 Å². The van der Waals surface area contributed by atoms with Crippen LogP contribution in [0.15, 0.2) is 22.7 Å². The zero-order chi connectivity index (χ0) is 13.7. The molecule has 0 aliphatic rings. The van der Waals surface area contributed by atoms with Crippen molar-refractivity contribution in [2.24, 2.45) is 5.73 Å². The van der Waals surface area contributed by atoms with Crippen LogP contribution < -0.4 is 11.1 Å². The molecule has 1 aromatic carbocycles. The van der Waals surface area contributed by atoms with Gasteiger partial charge in [-0.1, -0.05) is 27.5 Å². The minimum absolute atomic E-state index is 0.0202. The average Bonchev–Trinajstić information content (AvgIpc) is 2.28. The van der Waals surface area contributed by atoms with Crippen LogP contribution in [0.25, 0.3) is 0 Å². The molecule has 0 bridgehead atoms. The highest BCUT2D eigenvalue weighted by molar-refractivity contribution is 9.10. The van der Waals surface area contributed by atoms with Gasteiger partial charge in [0, 0.05) is 28.1 Å². The van der Waals surface area contributed by atoms with Crippen LogP contribution in [0.2, 0.25) is 5.02 Å². The number of nitrogens with two attached hydrogens (primary N) is 1. The molecule has 0 aliphatic carbocycles. The molecule has 0 saturated heterocycles. The second-order valence-corrected chi connectivity index (χ2v) is 5.90. The van der Waals surface area contributed by atoms with Crippen molar-refractivity contribution in [2.75, 3.05) is 6.54 Å². The first kappa shape index (κ1) is 15.9. The van der Waals surface area contributed by atoms with Gasteiger partial charge in [-0.05, 0) is 44.0 Å². The molecular formula is C13H20BrClN2O. The standard InChI is InChI=1S/C13H20BrClN2O/c1-8(5-9(2)18)17-13(7-16)11-6-10(15)3-4-12(11)14/h3-4,6,8-9,13,17-18H,5,7,16H2,1-2H3. The van der Waals surface area contributed by atoms with E-state index >= 15 is 0 Å². The number of nitrogens with one attached hydrogen (secondary N) is 1. The first-order chi connectivity index (χ1) is 8.43. The first-order valence-corrected chi connectivity index (χ1v) is 7.20. The van der Waals surface area contributed by atoms with E-state index in [1.165, 1.54) is 0 Å². The molecule has 3 nitrogen and oxygen atoms in total. The predicted molar refractivity (Wildman–Crippen MR) is 79.8 cm³/mol. The molecule has 3 unspecified atom stereocenters. The van der Waals surface area contributed by atoms with Gasteiger partial charge in [-0.3, -0.25) is 0 Å². The van der Waals surface area contributed by atoms with Crippen molar-refractivity contribution >= 4 is 27.5 Å². The summed E-state index contributed by atoms with van der Waals surface area (Å²) >= 11 is 9.52. The number of halogens is 2. The van der Waals surface area contributed by atoms with E-state index < -0.39 is 0 Å². The smallest absolute Gasteiger partial charge is 0.0526 e. The molecule has 3 atom stereocenters. The molecule has 0 radical (unpaired) electrons. The number of benzene rings is 1. The van der Waals surface area contributed by atoms with Crippen molar-refractivity contribution in [2.45, 2.75) is 38.5 Å². The van der Waals surface area contributed by atoms with Gasteiger partial charge in [0.1, 0.15) is 0 Å². The Morgan fingerprint density at radius 2 is 2.11 bits per heavy atom. The minimum Gasteiger partial charge on any atom is -0.393 e. The molecule has 0 fully saturated rings. The Morgan fingerprint density at radius 1 is 1.44 bits per heavy atom. The SMILES string of the molecule is CC(O)CC(C)NC(CN)c1cc(Cl)ccc1Br. The molecule has 5 heteroatoms. The van der Waals surface area contributed by atoms with E-state index in [2.05, 4.69) is 21.2 Å². The lowest BCUT2D eigenvalue weighted by molar-refractivity contribution is 0.168. The van der Waals surface area contributed by atoms with Gasteiger partial charge in [0.2, 0.25) is 0 Å². The van der Waals surface area contributed by atoms with Crippen molar-refractivity contribution in [3.05, 3.63) is 33.3 Å². The van der Waals surface area contributed by atoms with Crippen molar-refractivity contribution in [1.29, 1.82) is 0 Å². The number of hydrogen-bond acceptors (Lipinski definition) is 3. The zero-order valence-corrected chi connectivity index (χ0v) is 13.0. The molecule has 102 valence electrons. The van der Waals surface area contributed by atoms with Gasteiger partial charge in [-0.2, -0.15) is 0 Å². The Hall–Kier alpha value is -0.130. The predicted octanol–water partition coefficient (Wildman–Crippen LogP) is 2.85. The fourth-order valence-electron chi connectivity index (χ4n) is 1.99. The minimum atomic E-state index is -0.325. The molecule has 18 heavy (non-hydrogen) atoms. The molecule has 0 amide bonds. The molecule has 0 saturated carbocycles. The highest BCUT2D eigenvalue weighted by Gasteiger charge is 2.16. The Kier molecular flexibility index (Phi) is 6.60. The first-order valence-electron chi connectivity index (χ1n) is 6.03. The van der Waals surface area contributed by atoms with E-state index in [-0.39, 0.29) is 18.2 Å². The van der Waals surface area contributed by atoms with Gasteiger partial charge < -0.3 is 16.2 Å². The van der Waals surface area contributed by atoms with Crippen molar-refractivity contribution in [3.8, 4) is 0 Å². The fourth-order valence-corrected chi connectivity index (χ4v) is 2.69. The van der Waals surface area contributed by atoms with Gasteiger partial charge in [0.05, 0.1) is 6.10 Å². The van der Waals surface area contributed by atoms with Gasteiger partial charge in [0.25, 0.3) is 0 Å². The highest BCUT2D eigenvalue weighted by atomic mass is 79.9. The van der Waals surface area contributed by atoms with Crippen LogP contribution in [0.4, 0.5) is 0 Å². The number of hydrogen-bond donors (Lipinski definition) is 3. The van der Waals surface area contributed by atoms with E-state index in [0.29, 0.717) is 18.0 Å². The third-order valence-corrected chi connectivity index (χ3v) is 3.71. The van der Waals surface area contributed by atoms with E-state index in [1.807, 2.05) is 25.1 Å². The van der Waals surface area contributed by atoms with Gasteiger partial charge >= 0.3 is 0 Å².